The van der Waals surface area contributed by atoms with E-state index >= 15 is 0 Å². The van der Waals surface area contributed by atoms with Gasteiger partial charge >= 0.3 is 0 Å². The van der Waals surface area contributed by atoms with Crippen LogP contribution in [0, 0.1) is 19.7 Å². The van der Waals surface area contributed by atoms with E-state index < -0.39 is 0 Å². The van der Waals surface area contributed by atoms with Crippen molar-refractivity contribution in [3.8, 4) is 22.7 Å². The Labute approximate surface area is 193 Å². The lowest BCUT2D eigenvalue weighted by Gasteiger charge is -2.15. The predicted octanol–water partition coefficient (Wildman–Crippen LogP) is 6.85. The first-order valence-electron chi connectivity index (χ1n) is 10.8. The van der Waals surface area contributed by atoms with Crippen LogP contribution in [-0.2, 0) is 11.4 Å². The average molecular weight is 443 g/mol. The molecule has 0 aliphatic heterocycles. The summed E-state index contributed by atoms with van der Waals surface area (Å²) in [7, 11) is 1.65. The summed E-state index contributed by atoms with van der Waals surface area (Å²) in [4.78, 5) is 5.66. The number of oxime groups is 1. The molecule has 0 saturated heterocycles. The Morgan fingerprint density at radius 3 is 2.33 bits per heavy atom. The molecule has 3 aromatic carbocycles. The molecular weight excluding hydrogens is 415 g/mol. The van der Waals surface area contributed by atoms with Crippen LogP contribution in [0.4, 0.5) is 4.39 Å². The van der Waals surface area contributed by atoms with Gasteiger partial charge in [-0.1, -0.05) is 47.1 Å². The van der Waals surface area contributed by atoms with Crippen LogP contribution in [0.2, 0.25) is 0 Å². The van der Waals surface area contributed by atoms with Gasteiger partial charge in [0.05, 0.1) is 24.2 Å². The summed E-state index contributed by atoms with van der Waals surface area (Å²) in [6, 6.07) is 24.6. The summed E-state index contributed by atoms with van der Waals surface area (Å²) in [6.45, 7) is 6.42. The molecule has 0 aliphatic rings. The van der Waals surface area contributed by atoms with Crippen LogP contribution >= 0.6 is 0 Å². The summed E-state index contributed by atoms with van der Waals surface area (Å²) < 4.78 is 21.3. The van der Waals surface area contributed by atoms with E-state index in [1.54, 1.807) is 19.2 Å². The van der Waals surface area contributed by atoms with Crippen molar-refractivity contribution in [3.63, 3.8) is 0 Å². The van der Waals surface area contributed by atoms with Crippen molar-refractivity contribution in [1.29, 1.82) is 0 Å². The molecule has 33 heavy (non-hydrogen) atoms. The van der Waals surface area contributed by atoms with Gasteiger partial charge in [-0.05, 0) is 74.4 Å². The van der Waals surface area contributed by atoms with Crippen LogP contribution in [0.25, 0.3) is 16.9 Å². The van der Waals surface area contributed by atoms with Gasteiger partial charge in [-0.2, -0.15) is 0 Å². The molecule has 0 unspecified atom stereocenters. The minimum Gasteiger partial charge on any atom is -0.495 e. The Bertz CT molecular complexity index is 1270. The summed E-state index contributed by atoms with van der Waals surface area (Å²) >= 11 is 0. The van der Waals surface area contributed by atoms with Gasteiger partial charge < -0.3 is 14.1 Å². The van der Waals surface area contributed by atoms with Gasteiger partial charge in [-0.3, -0.25) is 0 Å². The van der Waals surface area contributed by atoms with E-state index in [2.05, 4.69) is 34.8 Å². The van der Waals surface area contributed by atoms with E-state index in [4.69, 9.17) is 9.57 Å². The number of hydrogen-bond donors (Lipinski definition) is 0. The molecule has 0 bridgehead atoms. The van der Waals surface area contributed by atoms with Crippen LogP contribution in [0.1, 0.15) is 29.3 Å². The van der Waals surface area contributed by atoms with E-state index in [0.717, 1.165) is 45.2 Å². The second-order valence-electron chi connectivity index (χ2n) is 7.98. The number of nitrogens with zero attached hydrogens (tertiary/aromatic N) is 2. The quantitative estimate of drug-likeness (QED) is 0.232. The van der Waals surface area contributed by atoms with Gasteiger partial charge in [0, 0.05) is 11.3 Å². The maximum Gasteiger partial charge on any atom is 0.142 e. The van der Waals surface area contributed by atoms with Crippen molar-refractivity contribution in [3.05, 3.63) is 107 Å². The number of aryl methyl sites for hydroxylation is 1. The fourth-order valence-corrected chi connectivity index (χ4v) is 3.87. The van der Waals surface area contributed by atoms with Gasteiger partial charge in [0.15, 0.2) is 0 Å². The Morgan fingerprint density at radius 2 is 1.64 bits per heavy atom. The molecule has 0 N–H and O–H groups in total. The van der Waals surface area contributed by atoms with Crippen LogP contribution < -0.4 is 4.74 Å². The maximum absolute atomic E-state index is 13.6. The first kappa shape index (κ1) is 22.3. The maximum atomic E-state index is 13.6. The SMILES string of the molecule is COc1ccccc1-n1c(-c2ccc(F)cc2)cc(/C(C)=N\OCc2ccc(C)cc2)c1C. The third-order valence-corrected chi connectivity index (χ3v) is 5.66. The van der Waals surface area contributed by atoms with Crippen LogP contribution in [0.3, 0.4) is 0 Å². The average Bonchev–Trinajstić information content (AvgIpc) is 3.17. The number of para-hydroxylation sites is 2. The third-order valence-electron chi connectivity index (χ3n) is 5.66. The van der Waals surface area contributed by atoms with Gasteiger partial charge in [0.2, 0.25) is 0 Å². The number of benzene rings is 3. The Balaban J connectivity index is 1.74. The van der Waals surface area contributed by atoms with E-state index in [0.29, 0.717) is 6.61 Å². The van der Waals surface area contributed by atoms with Crippen molar-refractivity contribution < 1.29 is 14.0 Å². The molecule has 4 aromatic rings. The van der Waals surface area contributed by atoms with Gasteiger partial charge in [-0.15, -0.1) is 0 Å². The van der Waals surface area contributed by atoms with Crippen LogP contribution in [0.15, 0.2) is 84.0 Å². The van der Waals surface area contributed by atoms with E-state index in [9.17, 15) is 4.39 Å². The number of halogens is 1. The highest BCUT2D eigenvalue weighted by atomic mass is 19.1. The van der Waals surface area contributed by atoms with Crippen molar-refractivity contribution >= 4 is 5.71 Å². The van der Waals surface area contributed by atoms with E-state index in [1.165, 1.54) is 17.7 Å². The topological polar surface area (TPSA) is 35.8 Å². The second-order valence-corrected chi connectivity index (χ2v) is 7.98. The molecule has 4 rings (SSSR count). The Kier molecular flexibility index (Phi) is 6.59. The van der Waals surface area contributed by atoms with Crippen molar-refractivity contribution in [2.45, 2.75) is 27.4 Å². The van der Waals surface area contributed by atoms with Crippen LogP contribution in [0.5, 0.6) is 5.75 Å². The van der Waals surface area contributed by atoms with E-state index in [-0.39, 0.29) is 5.82 Å². The second kappa shape index (κ2) is 9.74. The fraction of sp³-hybridized carbons (Fsp3) is 0.179. The lowest BCUT2D eigenvalue weighted by molar-refractivity contribution is 0.130. The number of methoxy groups -OCH3 is 1. The predicted molar refractivity (Wildman–Crippen MR) is 131 cm³/mol. The zero-order valence-corrected chi connectivity index (χ0v) is 19.3. The van der Waals surface area contributed by atoms with Gasteiger partial charge in [0.1, 0.15) is 18.2 Å². The molecule has 0 amide bonds. The highest BCUT2D eigenvalue weighted by Gasteiger charge is 2.19. The molecule has 0 atom stereocenters. The zero-order valence-electron chi connectivity index (χ0n) is 19.3. The fourth-order valence-electron chi connectivity index (χ4n) is 3.87. The molecule has 0 saturated carbocycles. The minimum absolute atomic E-state index is 0.270. The molecule has 0 aliphatic carbocycles. The van der Waals surface area contributed by atoms with Gasteiger partial charge in [0.25, 0.3) is 0 Å². The van der Waals surface area contributed by atoms with Crippen molar-refractivity contribution in [1.82, 2.24) is 4.57 Å². The number of rotatable bonds is 7. The monoisotopic (exact) mass is 442 g/mol. The summed E-state index contributed by atoms with van der Waals surface area (Å²) in [5.41, 5.74) is 7.67. The molecule has 0 spiro atoms. The lowest BCUT2D eigenvalue weighted by atomic mass is 10.1. The zero-order chi connectivity index (χ0) is 23.4. The number of aromatic nitrogens is 1. The molecule has 168 valence electrons. The number of hydrogen-bond acceptors (Lipinski definition) is 3. The molecule has 0 fully saturated rings. The molecular formula is C28H27FN2O2. The minimum atomic E-state index is -0.270. The molecule has 4 nitrogen and oxygen atoms in total. The van der Waals surface area contributed by atoms with Crippen molar-refractivity contribution in [2.75, 3.05) is 7.11 Å². The first-order valence-corrected chi connectivity index (χ1v) is 10.8. The lowest BCUT2D eigenvalue weighted by Crippen LogP contribution is -2.04. The summed E-state index contributed by atoms with van der Waals surface area (Å²) in [5, 5.41) is 4.38. The van der Waals surface area contributed by atoms with Gasteiger partial charge in [-0.25, -0.2) is 4.39 Å². The highest BCUT2D eigenvalue weighted by molar-refractivity contribution is 6.01. The Hall–Kier alpha value is -3.86. The smallest absolute Gasteiger partial charge is 0.142 e. The number of ether oxygens (including phenoxy) is 1. The largest absolute Gasteiger partial charge is 0.495 e. The third kappa shape index (κ3) is 4.82. The normalized spacial score (nSPS) is 11.5. The molecule has 1 aromatic heterocycles. The van der Waals surface area contributed by atoms with Crippen molar-refractivity contribution in [2.24, 2.45) is 5.16 Å². The van der Waals surface area contributed by atoms with Crippen LogP contribution in [-0.4, -0.2) is 17.4 Å². The molecule has 0 radical (unpaired) electrons. The summed E-state index contributed by atoms with van der Waals surface area (Å²) in [5.74, 6) is 0.477. The summed E-state index contributed by atoms with van der Waals surface area (Å²) in [6.07, 6.45) is 0. The Morgan fingerprint density at radius 1 is 0.939 bits per heavy atom. The molecule has 5 heteroatoms. The molecule has 1 heterocycles. The van der Waals surface area contributed by atoms with E-state index in [1.807, 2.05) is 50.2 Å². The first-order chi connectivity index (χ1) is 16.0. The standard InChI is InChI=1S/C28H27FN2O2/c1-19-9-11-22(12-10-19)18-33-30-20(2)25-17-27(23-13-15-24(29)16-14-23)31(21(25)3)26-7-5-6-8-28(26)32-4/h5-17H,18H2,1-4H3/b30-20-. The highest BCUT2D eigenvalue weighted by Crippen LogP contribution is 2.34.